The van der Waals surface area contributed by atoms with Gasteiger partial charge in [0.2, 0.25) is 10.0 Å². The Bertz CT molecular complexity index is 1450. The largest absolute Gasteiger partial charge is 0.422 e. The number of fused-ring (bicyclic) bond motifs is 1. The van der Waals surface area contributed by atoms with Crippen molar-refractivity contribution in [1.29, 1.82) is 0 Å². The van der Waals surface area contributed by atoms with Crippen molar-refractivity contribution >= 4 is 38.7 Å². The summed E-state index contributed by atoms with van der Waals surface area (Å²) in [7, 11) is -1.45. The molecule has 188 valence electrons. The molecule has 0 fully saturated rings. The van der Waals surface area contributed by atoms with Crippen LogP contribution in [-0.2, 0) is 16.4 Å². The Labute approximate surface area is 203 Å². The first-order valence-corrected chi connectivity index (χ1v) is 11.8. The number of carbonyl (C=O) groups is 1. The first kappa shape index (κ1) is 26.5. The highest BCUT2D eigenvalue weighted by Crippen LogP contribution is 2.32. The molecule has 0 aliphatic rings. The monoisotopic (exact) mass is 532 g/mol. The van der Waals surface area contributed by atoms with E-state index in [1.165, 1.54) is 54.0 Å². The van der Waals surface area contributed by atoms with Crippen LogP contribution in [0, 0.1) is 6.92 Å². The van der Waals surface area contributed by atoms with Crippen molar-refractivity contribution in [2.45, 2.75) is 24.4 Å². The van der Waals surface area contributed by atoms with E-state index in [0.29, 0.717) is 16.5 Å². The quantitative estimate of drug-likeness (QED) is 0.476. The topological polar surface area (TPSA) is 106 Å². The van der Waals surface area contributed by atoms with Gasteiger partial charge in [-0.1, -0.05) is 23.7 Å². The molecule has 8 nitrogen and oxygen atoms in total. The molecule has 0 bridgehead atoms. The molecule has 2 aromatic carbocycles. The molecular formula is C22H20ClF3N2O6S. The van der Waals surface area contributed by atoms with Gasteiger partial charge in [-0.3, -0.25) is 0 Å². The van der Waals surface area contributed by atoms with Crippen molar-refractivity contribution in [3.05, 3.63) is 68.5 Å². The molecule has 0 saturated heterocycles. The number of halogens is 4. The SMILES string of the molecule is Cc1c(Cc2cccc(S(=O)(=O)NCC(F)(F)F)c2)c(=O)oc2cc(OC(=O)N(C)C)c(Cl)cc12. The number of aryl methyl sites for hydroxylation is 1. The molecule has 13 heteroatoms. The lowest BCUT2D eigenvalue weighted by Gasteiger charge is -2.14. The molecule has 0 atom stereocenters. The van der Waals surface area contributed by atoms with Gasteiger partial charge in [0.15, 0.2) is 5.75 Å². The summed E-state index contributed by atoms with van der Waals surface area (Å²) in [6.45, 7) is -0.0680. The normalized spacial score (nSPS) is 12.1. The lowest BCUT2D eigenvalue weighted by atomic mass is 9.99. The van der Waals surface area contributed by atoms with Crippen molar-refractivity contribution in [3.8, 4) is 5.75 Å². The number of amides is 1. The summed E-state index contributed by atoms with van der Waals surface area (Å²) in [5.41, 5.74) is 0.453. The van der Waals surface area contributed by atoms with Gasteiger partial charge in [-0.05, 0) is 36.2 Å². The van der Waals surface area contributed by atoms with Crippen LogP contribution in [0.5, 0.6) is 5.75 Å². The number of nitrogens with zero attached hydrogens (tertiary/aromatic N) is 1. The van der Waals surface area contributed by atoms with Gasteiger partial charge in [-0.2, -0.15) is 13.2 Å². The number of rotatable bonds is 6. The van der Waals surface area contributed by atoms with Gasteiger partial charge in [0.05, 0.1) is 9.92 Å². The minimum Gasteiger partial charge on any atom is -0.422 e. The van der Waals surface area contributed by atoms with Gasteiger partial charge < -0.3 is 14.1 Å². The van der Waals surface area contributed by atoms with Crippen LogP contribution in [0.1, 0.15) is 16.7 Å². The smallest absolute Gasteiger partial charge is 0.414 e. The van der Waals surface area contributed by atoms with Crippen LogP contribution in [0.4, 0.5) is 18.0 Å². The van der Waals surface area contributed by atoms with E-state index in [9.17, 15) is 31.2 Å². The average molecular weight is 533 g/mol. The van der Waals surface area contributed by atoms with Crippen LogP contribution in [0.2, 0.25) is 5.02 Å². The second kappa shape index (κ2) is 9.88. The van der Waals surface area contributed by atoms with E-state index < -0.39 is 34.5 Å². The van der Waals surface area contributed by atoms with Gasteiger partial charge >= 0.3 is 17.9 Å². The molecule has 1 N–H and O–H groups in total. The predicted octanol–water partition coefficient (Wildman–Crippen LogP) is 4.25. The number of carbonyl (C=O) groups excluding carboxylic acids is 1. The highest BCUT2D eigenvalue weighted by molar-refractivity contribution is 7.89. The fourth-order valence-corrected chi connectivity index (χ4v) is 4.43. The molecule has 0 spiro atoms. The summed E-state index contributed by atoms with van der Waals surface area (Å²) >= 11 is 6.24. The fourth-order valence-electron chi connectivity index (χ4n) is 3.14. The minimum atomic E-state index is -4.71. The predicted molar refractivity (Wildman–Crippen MR) is 122 cm³/mol. The van der Waals surface area contributed by atoms with Crippen molar-refractivity contribution < 1.29 is 35.5 Å². The number of hydrogen-bond donors (Lipinski definition) is 1. The second-order valence-corrected chi connectivity index (χ2v) is 9.97. The van der Waals surface area contributed by atoms with Crippen LogP contribution < -0.4 is 15.1 Å². The first-order valence-electron chi connectivity index (χ1n) is 9.98. The van der Waals surface area contributed by atoms with Gasteiger partial charge in [-0.25, -0.2) is 22.7 Å². The van der Waals surface area contributed by atoms with E-state index in [1.807, 2.05) is 0 Å². The first-order chi connectivity index (χ1) is 16.2. The zero-order valence-corrected chi connectivity index (χ0v) is 20.3. The van der Waals surface area contributed by atoms with Gasteiger partial charge in [0.1, 0.15) is 12.1 Å². The number of sulfonamides is 1. The minimum absolute atomic E-state index is 0.00238. The molecule has 35 heavy (non-hydrogen) atoms. The molecule has 0 radical (unpaired) electrons. The molecule has 0 unspecified atom stereocenters. The summed E-state index contributed by atoms with van der Waals surface area (Å²) in [6.07, 6.45) is -5.44. The third-order valence-electron chi connectivity index (χ3n) is 4.95. The van der Waals surface area contributed by atoms with Gasteiger partial charge in [0, 0.05) is 37.5 Å². The zero-order valence-electron chi connectivity index (χ0n) is 18.7. The molecule has 1 aromatic heterocycles. The molecule has 3 aromatic rings. The lowest BCUT2D eigenvalue weighted by Crippen LogP contribution is -2.33. The maximum atomic E-state index is 12.7. The van der Waals surface area contributed by atoms with E-state index in [1.54, 1.807) is 6.92 Å². The second-order valence-electron chi connectivity index (χ2n) is 7.80. The van der Waals surface area contributed by atoms with Crippen molar-refractivity contribution in [1.82, 2.24) is 9.62 Å². The average Bonchev–Trinajstić information content (AvgIpc) is 2.76. The molecule has 3 rings (SSSR count). The van der Waals surface area contributed by atoms with E-state index in [0.717, 1.165) is 6.07 Å². The summed E-state index contributed by atoms with van der Waals surface area (Å²) < 4.78 is 73.8. The van der Waals surface area contributed by atoms with Crippen LogP contribution >= 0.6 is 11.6 Å². The number of ether oxygens (including phenoxy) is 1. The van der Waals surface area contributed by atoms with Crippen LogP contribution in [0.15, 0.2) is 50.5 Å². The Balaban J connectivity index is 1.96. The molecule has 0 saturated carbocycles. The third kappa shape index (κ3) is 6.32. The Hall–Kier alpha value is -3.09. The van der Waals surface area contributed by atoms with E-state index in [2.05, 4.69) is 0 Å². The summed E-state index contributed by atoms with van der Waals surface area (Å²) in [5.74, 6) is -0.00238. The van der Waals surface area contributed by atoms with Crippen molar-refractivity contribution in [2.75, 3.05) is 20.6 Å². The maximum absolute atomic E-state index is 12.7. The molecule has 1 amide bonds. The van der Waals surface area contributed by atoms with Crippen LogP contribution in [-0.4, -0.2) is 46.2 Å². The van der Waals surface area contributed by atoms with Gasteiger partial charge in [0.25, 0.3) is 0 Å². The number of benzene rings is 2. The van der Waals surface area contributed by atoms with E-state index in [-0.39, 0.29) is 33.2 Å². The Morgan fingerprint density at radius 3 is 2.51 bits per heavy atom. The highest BCUT2D eigenvalue weighted by atomic mass is 35.5. The Kier molecular flexibility index (Phi) is 7.48. The molecule has 0 aliphatic heterocycles. The summed E-state index contributed by atoms with van der Waals surface area (Å²) in [6, 6.07) is 8.00. The molecule has 1 heterocycles. The zero-order chi connectivity index (χ0) is 26.1. The number of alkyl halides is 3. The standard InChI is InChI=1S/C22H20ClF3N2O6S/c1-12-15-9-17(23)19(34-21(30)28(2)3)10-18(15)33-20(29)16(12)8-13-5-4-6-14(7-13)35(31,32)27-11-22(24,25)26/h4-7,9-10,27H,8,11H2,1-3H3. The fraction of sp³-hybridized carbons (Fsp3) is 0.273. The van der Waals surface area contributed by atoms with Crippen LogP contribution in [0.25, 0.3) is 11.0 Å². The summed E-state index contributed by atoms with van der Waals surface area (Å²) in [5, 5.41) is 0.560. The van der Waals surface area contributed by atoms with E-state index in [4.69, 9.17) is 20.8 Å². The number of hydrogen-bond acceptors (Lipinski definition) is 6. The lowest BCUT2D eigenvalue weighted by molar-refractivity contribution is -0.121. The third-order valence-corrected chi connectivity index (χ3v) is 6.65. The molecule has 0 aliphatic carbocycles. The van der Waals surface area contributed by atoms with Gasteiger partial charge in [-0.15, -0.1) is 0 Å². The van der Waals surface area contributed by atoms with E-state index >= 15 is 0 Å². The highest BCUT2D eigenvalue weighted by Gasteiger charge is 2.30. The number of nitrogens with one attached hydrogen (secondary N) is 1. The summed E-state index contributed by atoms with van der Waals surface area (Å²) in [4.78, 5) is 25.4. The van der Waals surface area contributed by atoms with Crippen molar-refractivity contribution in [3.63, 3.8) is 0 Å². The van der Waals surface area contributed by atoms with Crippen LogP contribution in [0.3, 0.4) is 0 Å². The maximum Gasteiger partial charge on any atom is 0.414 e. The Morgan fingerprint density at radius 2 is 1.89 bits per heavy atom. The Morgan fingerprint density at radius 1 is 1.20 bits per heavy atom. The molecular weight excluding hydrogens is 513 g/mol. The van der Waals surface area contributed by atoms with Crippen molar-refractivity contribution in [2.24, 2.45) is 0 Å².